The minimum atomic E-state index is 1.01. The molecule has 16 heavy (non-hydrogen) atoms. The minimum Gasteiger partial charge on any atom is -0.256 e. The lowest BCUT2D eigenvalue weighted by Crippen LogP contribution is -1.94. The van der Waals surface area contributed by atoms with Gasteiger partial charge in [0.25, 0.3) is 0 Å². The highest BCUT2D eigenvalue weighted by molar-refractivity contribution is 5.83. The number of rotatable bonds is 1. The van der Waals surface area contributed by atoms with Crippen LogP contribution < -0.4 is 0 Å². The standard InChI is InChI=1S/C13H11N3/c1-10-5-7-14-13-9-11(3-4-12(10)13)16-8-2-6-15-16/h2-9H,1H3. The lowest BCUT2D eigenvalue weighted by Gasteiger charge is -2.04. The second-order valence-electron chi connectivity index (χ2n) is 3.78. The molecule has 3 nitrogen and oxygen atoms in total. The SMILES string of the molecule is Cc1ccnc2cc(-n3cccn3)ccc12. The van der Waals surface area contributed by atoms with Crippen molar-refractivity contribution in [3.8, 4) is 5.69 Å². The molecule has 0 unspecified atom stereocenters. The summed E-state index contributed by atoms with van der Waals surface area (Å²) in [6, 6.07) is 10.1. The molecule has 0 saturated heterocycles. The Bertz CT molecular complexity index is 627. The van der Waals surface area contributed by atoms with Crippen LogP contribution in [0.5, 0.6) is 0 Å². The third kappa shape index (κ3) is 1.37. The summed E-state index contributed by atoms with van der Waals surface area (Å²) in [4.78, 5) is 4.37. The minimum absolute atomic E-state index is 1.01. The van der Waals surface area contributed by atoms with Crippen LogP contribution in [-0.2, 0) is 0 Å². The first-order valence-corrected chi connectivity index (χ1v) is 5.20. The molecule has 0 N–H and O–H groups in total. The van der Waals surface area contributed by atoms with E-state index in [1.807, 2.05) is 29.2 Å². The molecule has 78 valence electrons. The highest BCUT2D eigenvalue weighted by atomic mass is 15.3. The summed E-state index contributed by atoms with van der Waals surface area (Å²) >= 11 is 0. The van der Waals surface area contributed by atoms with Crippen LogP contribution in [0.4, 0.5) is 0 Å². The molecule has 1 aromatic carbocycles. The Morgan fingerprint density at radius 3 is 2.88 bits per heavy atom. The van der Waals surface area contributed by atoms with Crippen LogP contribution in [0.25, 0.3) is 16.6 Å². The topological polar surface area (TPSA) is 30.7 Å². The second-order valence-corrected chi connectivity index (χ2v) is 3.78. The van der Waals surface area contributed by atoms with Crippen molar-refractivity contribution in [1.29, 1.82) is 0 Å². The van der Waals surface area contributed by atoms with E-state index in [1.54, 1.807) is 6.20 Å². The molecule has 0 amide bonds. The van der Waals surface area contributed by atoms with E-state index in [4.69, 9.17) is 0 Å². The average molecular weight is 209 g/mol. The zero-order chi connectivity index (χ0) is 11.0. The average Bonchev–Trinajstić information content (AvgIpc) is 2.82. The van der Waals surface area contributed by atoms with E-state index in [-0.39, 0.29) is 0 Å². The van der Waals surface area contributed by atoms with Crippen molar-refractivity contribution in [2.75, 3.05) is 0 Å². The summed E-state index contributed by atoms with van der Waals surface area (Å²) in [6.45, 7) is 2.09. The Morgan fingerprint density at radius 2 is 2.06 bits per heavy atom. The molecule has 0 saturated carbocycles. The van der Waals surface area contributed by atoms with Crippen LogP contribution >= 0.6 is 0 Å². The number of hydrogen-bond acceptors (Lipinski definition) is 2. The van der Waals surface area contributed by atoms with Crippen LogP contribution in [0.3, 0.4) is 0 Å². The molecule has 3 rings (SSSR count). The summed E-state index contributed by atoms with van der Waals surface area (Å²) in [6.07, 6.45) is 5.54. The number of fused-ring (bicyclic) bond motifs is 1. The summed E-state index contributed by atoms with van der Waals surface area (Å²) < 4.78 is 1.84. The maximum absolute atomic E-state index is 4.37. The van der Waals surface area contributed by atoms with Gasteiger partial charge in [-0.1, -0.05) is 6.07 Å². The molecule has 0 atom stereocenters. The quantitative estimate of drug-likeness (QED) is 0.617. The summed E-state index contributed by atoms with van der Waals surface area (Å²) in [5.74, 6) is 0. The molecule has 0 aliphatic carbocycles. The molecule has 0 fully saturated rings. The Hall–Kier alpha value is -2.16. The van der Waals surface area contributed by atoms with Crippen molar-refractivity contribution >= 4 is 10.9 Å². The predicted molar refractivity (Wildman–Crippen MR) is 63.6 cm³/mol. The van der Waals surface area contributed by atoms with Gasteiger partial charge < -0.3 is 0 Å². The van der Waals surface area contributed by atoms with Gasteiger partial charge in [0, 0.05) is 24.0 Å². The van der Waals surface area contributed by atoms with Gasteiger partial charge >= 0.3 is 0 Å². The van der Waals surface area contributed by atoms with Crippen molar-refractivity contribution in [3.05, 3.63) is 54.5 Å². The van der Waals surface area contributed by atoms with Gasteiger partial charge in [-0.15, -0.1) is 0 Å². The van der Waals surface area contributed by atoms with E-state index in [0.717, 1.165) is 11.2 Å². The maximum atomic E-state index is 4.37. The Balaban J connectivity index is 2.24. The van der Waals surface area contributed by atoms with Gasteiger partial charge in [-0.2, -0.15) is 5.10 Å². The fraction of sp³-hybridized carbons (Fsp3) is 0.0769. The van der Waals surface area contributed by atoms with Gasteiger partial charge in [0.15, 0.2) is 0 Å². The van der Waals surface area contributed by atoms with E-state index in [2.05, 4.69) is 35.2 Å². The van der Waals surface area contributed by atoms with Gasteiger partial charge in [-0.3, -0.25) is 4.98 Å². The number of hydrogen-bond donors (Lipinski definition) is 0. The fourth-order valence-corrected chi connectivity index (χ4v) is 1.84. The molecule has 2 heterocycles. The molecular formula is C13H11N3. The van der Waals surface area contributed by atoms with Crippen molar-refractivity contribution in [1.82, 2.24) is 14.8 Å². The van der Waals surface area contributed by atoms with E-state index in [9.17, 15) is 0 Å². The van der Waals surface area contributed by atoms with E-state index in [1.165, 1.54) is 10.9 Å². The summed E-state index contributed by atoms with van der Waals surface area (Å²) in [5.41, 5.74) is 3.29. The maximum Gasteiger partial charge on any atom is 0.0726 e. The number of pyridine rings is 1. The predicted octanol–water partition coefficient (Wildman–Crippen LogP) is 2.73. The third-order valence-corrected chi connectivity index (χ3v) is 2.71. The Morgan fingerprint density at radius 1 is 1.12 bits per heavy atom. The van der Waals surface area contributed by atoms with Crippen LogP contribution in [-0.4, -0.2) is 14.8 Å². The molecule has 0 aliphatic rings. The zero-order valence-electron chi connectivity index (χ0n) is 8.96. The highest BCUT2D eigenvalue weighted by Gasteiger charge is 2.01. The monoisotopic (exact) mass is 209 g/mol. The molecule has 0 spiro atoms. The summed E-state index contributed by atoms with van der Waals surface area (Å²) in [7, 11) is 0. The van der Waals surface area contributed by atoms with E-state index < -0.39 is 0 Å². The number of nitrogens with zero attached hydrogens (tertiary/aromatic N) is 3. The molecule has 3 heteroatoms. The van der Waals surface area contributed by atoms with Crippen molar-refractivity contribution in [3.63, 3.8) is 0 Å². The van der Waals surface area contributed by atoms with Gasteiger partial charge in [0.1, 0.15) is 0 Å². The molecule has 3 aromatic rings. The van der Waals surface area contributed by atoms with E-state index >= 15 is 0 Å². The van der Waals surface area contributed by atoms with Gasteiger partial charge in [0.2, 0.25) is 0 Å². The molecule has 2 aromatic heterocycles. The first-order valence-electron chi connectivity index (χ1n) is 5.20. The summed E-state index contributed by atoms with van der Waals surface area (Å²) in [5, 5.41) is 5.40. The van der Waals surface area contributed by atoms with Gasteiger partial charge in [0.05, 0.1) is 11.2 Å². The number of benzene rings is 1. The lowest BCUT2D eigenvalue weighted by atomic mass is 10.1. The molecule has 0 aliphatic heterocycles. The largest absolute Gasteiger partial charge is 0.256 e. The van der Waals surface area contributed by atoms with Crippen LogP contribution in [0, 0.1) is 6.92 Å². The number of aromatic nitrogens is 3. The second kappa shape index (κ2) is 3.45. The smallest absolute Gasteiger partial charge is 0.0726 e. The molecule has 0 radical (unpaired) electrons. The van der Waals surface area contributed by atoms with Crippen molar-refractivity contribution < 1.29 is 0 Å². The van der Waals surface area contributed by atoms with Crippen molar-refractivity contribution in [2.45, 2.75) is 6.92 Å². The van der Waals surface area contributed by atoms with E-state index in [0.29, 0.717) is 0 Å². The van der Waals surface area contributed by atoms with Crippen LogP contribution in [0.1, 0.15) is 5.56 Å². The number of aryl methyl sites for hydroxylation is 1. The molecule has 0 bridgehead atoms. The van der Waals surface area contributed by atoms with Gasteiger partial charge in [-0.25, -0.2) is 4.68 Å². The van der Waals surface area contributed by atoms with Crippen LogP contribution in [0.15, 0.2) is 48.9 Å². The Kier molecular flexibility index (Phi) is 1.96. The molecular weight excluding hydrogens is 198 g/mol. The third-order valence-electron chi connectivity index (χ3n) is 2.71. The highest BCUT2D eigenvalue weighted by Crippen LogP contribution is 2.18. The normalized spacial score (nSPS) is 10.8. The zero-order valence-corrected chi connectivity index (χ0v) is 8.96. The van der Waals surface area contributed by atoms with Gasteiger partial charge in [-0.05, 0) is 36.8 Å². The fourth-order valence-electron chi connectivity index (χ4n) is 1.84. The van der Waals surface area contributed by atoms with Crippen LogP contribution in [0.2, 0.25) is 0 Å². The van der Waals surface area contributed by atoms with Crippen molar-refractivity contribution in [2.24, 2.45) is 0 Å². The first kappa shape index (κ1) is 9.09. The lowest BCUT2D eigenvalue weighted by molar-refractivity contribution is 0.881. The first-order chi connectivity index (χ1) is 7.84. The Labute approximate surface area is 93.4 Å².